The number of alkyl halides is 2. The van der Waals surface area contributed by atoms with Crippen LogP contribution in [0.2, 0.25) is 0 Å². The van der Waals surface area contributed by atoms with Gasteiger partial charge in [-0.25, -0.2) is 0 Å². The quantitative estimate of drug-likeness (QED) is 0.839. The maximum atomic E-state index is 12.7. The molecule has 1 rings (SSSR count). The highest BCUT2D eigenvalue weighted by Crippen LogP contribution is 2.23. The largest absolute Gasteiger partial charge is 0.460 e. The molecule has 0 aromatic heterocycles. The third kappa shape index (κ3) is 2.77. The molecule has 0 radical (unpaired) electrons. The van der Waals surface area contributed by atoms with Crippen molar-refractivity contribution in [1.82, 2.24) is 0 Å². The summed E-state index contributed by atoms with van der Waals surface area (Å²) in [7, 11) is 0. The summed E-state index contributed by atoms with van der Waals surface area (Å²) in [5, 5.41) is 0. The molecule has 0 fully saturated rings. The highest BCUT2D eigenvalue weighted by molar-refractivity contribution is 9.10. The van der Waals surface area contributed by atoms with Crippen LogP contribution in [0.3, 0.4) is 0 Å². The van der Waals surface area contributed by atoms with Crippen LogP contribution in [-0.4, -0.2) is 11.9 Å². The molecule has 0 atom stereocenters. The molecule has 5 heteroatoms. The number of hydrogen-bond acceptors (Lipinski definition) is 2. The normalized spacial score (nSPS) is 11.1. The van der Waals surface area contributed by atoms with Crippen molar-refractivity contribution in [3.8, 4) is 5.75 Å². The van der Waals surface area contributed by atoms with Crippen molar-refractivity contribution in [2.45, 2.75) is 13.0 Å². The Morgan fingerprint density at radius 3 is 2.29 bits per heavy atom. The lowest BCUT2D eigenvalue weighted by Crippen LogP contribution is -2.32. The number of ketones is 1. The van der Waals surface area contributed by atoms with Gasteiger partial charge in [-0.15, -0.1) is 0 Å². The van der Waals surface area contributed by atoms with Gasteiger partial charge in [0, 0.05) is 11.4 Å². The topological polar surface area (TPSA) is 26.3 Å². The summed E-state index contributed by atoms with van der Waals surface area (Å²) in [5.41, 5.74) is 0. The van der Waals surface area contributed by atoms with E-state index in [2.05, 4.69) is 20.7 Å². The molecular formula is C9H7BrF2O2. The maximum Gasteiger partial charge on any atom is 0.460 e. The van der Waals surface area contributed by atoms with Gasteiger partial charge >= 0.3 is 6.11 Å². The van der Waals surface area contributed by atoms with Crippen LogP contribution in [0.15, 0.2) is 28.7 Å². The first kappa shape index (κ1) is 11.1. The van der Waals surface area contributed by atoms with E-state index >= 15 is 0 Å². The first-order chi connectivity index (χ1) is 6.42. The third-order valence-corrected chi connectivity index (χ3v) is 2.00. The van der Waals surface area contributed by atoms with E-state index in [1.54, 1.807) is 12.1 Å². The fraction of sp³-hybridized carbons (Fsp3) is 0.222. The number of ether oxygens (including phenoxy) is 1. The zero-order valence-corrected chi connectivity index (χ0v) is 8.85. The molecule has 0 saturated heterocycles. The van der Waals surface area contributed by atoms with Crippen LogP contribution in [0.4, 0.5) is 8.78 Å². The molecular weight excluding hydrogens is 258 g/mol. The van der Waals surface area contributed by atoms with Crippen LogP contribution in [0, 0.1) is 0 Å². The zero-order chi connectivity index (χ0) is 10.8. The number of Topliss-reactive ketones (excluding diaryl/α,β-unsaturated/α-hetero) is 1. The predicted molar refractivity (Wildman–Crippen MR) is 50.4 cm³/mol. The van der Waals surface area contributed by atoms with E-state index in [0.29, 0.717) is 0 Å². The number of benzene rings is 1. The van der Waals surface area contributed by atoms with Gasteiger partial charge in [-0.3, -0.25) is 4.79 Å². The molecule has 0 aliphatic carbocycles. The molecule has 0 unspecified atom stereocenters. The van der Waals surface area contributed by atoms with Crippen LogP contribution in [-0.2, 0) is 4.79 Å². The zero-order valence-electron chi connectivity index (χ0n) is 7.26. The molecule has 76 valence electrons. The van der Waals surface area contributed by atoms with Crippen molar-refractivity contribution in [3.63, 3.8) is 0 Å². The van der Waals surface area contributed by atoms with Gasteiger partial charge in [0.05, 0.1) is 0 Å². The van der Waals surface area contributed by atoms with Crippen molar-refractivity contribution in [1.29, 1.82) is 0 Å². The van der Waals surface area contributed by atoms with E-state index in [-0.39, 0.29) is 5.75 Å². The minimum atomic E-state index is -3.76. The first-order valence-corrected chi connectivity index (χ1v) is 4.54. The lowest BCUT2D eigenvalue weighted by Gasteiger charge is -2.14. The average molecular weight is 265 g/mol. The number of rotatable bonds is 3. The lowest BCUT2D eigenvalue weighted by molar-refractivity contribution is -0.188. The Balaban J connectivity index is 2.79. The highest BCUT2D eigenvalue weighted by Gasteiger charge is 2.38. The number of halogens is 3. The van der Waals surface area contributed by atoms with Gasteiger partial charge in [0.15, 0.2) is 0 Å². The van der Waals surface area contributed by atoms with Gasteiger partial charge in [-0.05, 0) is 24.3 Å². The van der Waals surface area contributed by atoms with Crippen molar-refractivity contribution in [2.75, 3.05) is 0 Å². The fourth-order valence-corrected chi connectivity index (χ4v) is 0.987. The number of hydrogen-bond donors (Lipinski definition) is 0. The average Bonchev–Trinajstić information content (AvgIpc) is 2.08. The standard InChI is InChI=1S/C9H7BrF2O2/c1-6(13)9(11,12)14-8-4-2-7(10)3-5-8/h2-5H,1H3. The van der Waals surface area contributed by atoms with Crippen LogP contribution < -0.4 is 4.74 Å². The van der Waals surface area contributed by atoms with Gasteiger partial charge in [-0.2, -0.15) is 8.78 Å². The summed E-state index contributed by atoms with van der Waals surface area (Å²) in [5.74, 6) is -1.37. The Bertz CT molecular complexity index is 335. The third-order valence-electron chi connectivity index (χ3n) is 1.47. The van der Waals surface area contributed by atoms with E-state index in [4.69, 9.17) is 0 Å². The van der Waals surface area contributed by atoms with Crippen molar-refractivity contribution < 1.29 is 18.3 Å². The van der Waals surface area contributed by atoms with Crippen molar-refractivity contribution >= 4 is 21.7 Å². The minimum absolute atomic E-state index is 0.0478. The van der Waals surface area contributed by atoms with Gasteiger partial charge in [0.25, 0.3) is 0 Å². The summed E-state index contributed by atoms with van der Waals surface area (Å²) in [6.07, 6.45) is -3.76. The molecule has 0 heterocycles. The smallest absolute Gasteiger partial charge is 0.427 e. The summed E-state index contributed by atoms with van der Waals surface area (Å²) < 4.78 is 30.5. The molecule has 0 amide bonds. The van der Waals surface area contributed by atoms with Gasteiger partial charge in [0.1, 0.15) is 5.75 Å². The molecule has 0 bridgehead atoms. The van der Waals surface area contributed by atoms with Gasteiger partial charge in [0.2, 0.25) is 5.78 Å². The van der Waals surface area contributed by atoms with E-state index in [9.17, 15) is 13.6 Å². The predicted octanol–water partition coefficient (Wildman–Crippen LogP) is 3.01. The summed E-state index contributed by atoms with van der Waals surface area (Å²) in [6, 6.07) is 5.79. The molecule has 0 N–H and O–H groups in total. The molecule has 2 nitrogen and oxygen atoms in total. The Hall–Kier alpha value is -0.970. The van der Waals surface area contributed by atoms with Crippen LogP contribution in [0.5, 0.6) is 5.75 Å². The second-order valence-electron chi connectivity index (χ2n) is 2.63. The maximum absolute atomic E-state index is 12.7. The monoisotopic (exact) mass is 264 g/mol. The first-order valence-electron chi connectivity index (χ1n) is 3.75. The second kappa shape index (κ2) is 4.04. The lowest BCUT2D eigenvalue weighted by atomic mass is 10.3. The molecule has 14 heavy (non-hydrogen) atoms. The van der Waals surface area contributed by atoms with Crippen LogP contribution in [0.25, 0.3) is 0 Å². The van der Waals surface area contributed by atoms with E-state index in [1.807, 2.05) is 0 Å². The molecule has 1 aromatic rings. The molecule has 0 aliphatic rings. The number of carbonyl (C=O) groups is 1. The van der Waals surface area contributed by atoms with Gasteiger partial charge < -0.3 is 4.74 Å². The Morgan fingerprint density at radius 1 is 1.36 bits per heavy atom. The highest BCUT2D eigenvalue weighted by atomic mass is 79.9. The van der Waals surface area contributed by atoms with Gasteiger partial charge in [-0.1, -0.05) is 15.9 Å². The Kier molecular flexibility index (Phi) is 3.21. The minimum Gasteiger partial charge on any atom is -0.427 e. The van der Waals surface area contributed by atoms with Crippen LogP contribution in [0.1, 0.15) is 6.92 Å². The molecule has 0 aliphatic heterocycles. The van der Waals surface area contributed by atoms with E-state index in [0.717, 1.165) is 11.4 Å². The van der Waals surface area contributed by atoms with E-state index in [1.165, 1.54) is 12.1 Å². The van der Waals surface area contributed by atoms with E-state index < -0.39 is 11.9 Å². The van der Waals surface area contributed by atoms with Crippen molar-refractivity contribution in [3.05, 3.63) is 28.7 Å². The molecule has 1 aromatic carbocycles. The Labute approximate surface area is 88.0 Å². The fourth-order valence-electron chi connectivity index (χ4n) is 0.723. The number of carbonyl (C=O) groups excluding carboxylic acids is 1. The second-order valence-corrected chi connectivity index (χ2v) is 3.54. The molecule has 0 saturated carbocycles. The van der Waals surface area contributed by atoms with Crippen LogP contribution >= 0.6 is 15.9 Å². The SMILES string of the molecule is CC(=O)C(F)(F)Oc1ccc(Br)cc1. The molecule has 0 spiro atoms. The Morgan fingerprint density at radius 2 is 1.86 bits per heavy atom. The summed E-state index contributed by atoms with van der Waals surface area (Å²) in [6.45, 7) is 0.777. The van der Waals surface area contributed by atoms with Crippen molar-refractivity contribution in [2.24, 2.45) is 0 Å². The summed E-state index contributed by atoms with van der Waals surface area (Å²) in [4.78, 5) is 10.5. The summed E-state index contributed by atoms with van der Waals surface area (Å²) >= 11 is 3.14.